The molecular weight excluding hydrogens is 302 g/mol. The molecule has 0 spiro atoms. The Morgan fingerprint density at radius 2 is 2.08 bits per heavy atom. The number of aromatic nitrogens is 3. The van der Waals surface area contributed by atoms with E-state index in [2.05, 4.69) is 38.8 Å². The zero-order valence-corrected chi connectivity index (χ0v) is 13.5. The van der Waals surface area contributed by atoms with Gasteiger partial charge in [-0.05, 0) is 42.9 Å². The Kier molecular flexibility index (Phi) is 3.65. The van der Waals surface area contributed by atoms with Gasteiger partial charge in [0, 0.05) is 23.5 Å². The molecule has 0 radical (unpaired) electrons. The van der Waals surface area contributed by atoms with E-state index in [9.17, 15) is 4.79 Å². The molecule has 24 heavy (non-hydrogen) atoms. The second-order valence-electron chi connectivity index (χ2n) is 6.31. The largest absolute Gasteiger partial charge is 0.358 e. The Morgan fingerprint density at radius 1 is 1.25 bits per heavy atom. The molecule has 6 nitrogen and oxygen atoms in total. The minimum Gasteiger partial charge on any atom is -0.358 e. The van der Waals surface area contributed by atoms with E-state index < -0.39 is 0 Å². The maximum absolute atomic E-state index is 12.6. The Labute approximate surface area is 139 Å². The van der Waals surface area contributed by atoms with Crippen LogP contribution in [0.3, 0.4) is 0 Å². The number of aromatic amines is 1. The van der Waals surface area contributed by atoms with Crippen molar-refractivity contribution in [3.63, 3.8) is 0 Å². The van der Waals surface area contributed by atoms with Crippen molar-refractivity contribution in [2.75, 3.05) is 5.43 Å². The van der Waals surface area contributed by atoms with Crippen LogP contribution < -0.4 is 10.9 Å². The summed E-state index contributed by atoms with van der Waals surface area (Å²) in [7, 11) is 0. The Hall–Kier alpha value is -2.89. The van der Waals surface area contributed by atoms with Crippen molar-refractivity contribution in [2.24, 2.45) is 5.92 Å². The number of aryl methyl sites for hydroxylation is 1. The quantitative estimate of drug-likeness (QED) is 0.648. The van der Waals surface area contributed by atoms with Crippen molar-refractivity contribution in [1.82, 2.24) is 20.4 Å². The number of hydrazine groups is 1. The van der Waals surface area contributed by atoms with Crippen LogP contribution in [0.5, 0.6) is 0 Å². The first-order valence-corrected chi connectivity index (χ1v) is 8.18. The standard InChI is InChI=1S/C18H19N5O/c1-11-6-7-15-14(10-11)12-4-2-5-13(16(12)21-15)17(24)22-23-18-19-8-3-9-20-18/h2-5,8-9,11,21H,6-7,10H2,1H3,(H,22,24)(H,19,20,23)/t11-/m1/s1. The van der Waals surface area contributed by atoms with E-state index in [1.807, 2.05) is 12.1 Å². The van der Waals surface area contributed by atoms with Gasteiger partial charge in [0.05, 0.1) is 11.1 Å². The lowest BCUT2D eigenvalue weighted by Crippen LogP contribution is -2.30. The smallest absolute Gasteiger partial charge is 0.271 e. The first kappa shape index (κ1) is 14.7. The molecule has 0 aliphatic heterocycles. The maximum Gasteiger partial charge on any atom is 0.271 e. The number of carbonyl (C=O) groups excluding carboxylic acids is 1. The van der Waals surface area contributed by atoms with Crippen LogP contribution in [0.25, 0.3) is 10.9 Å². The number of nitrogens with zero attached hydrogens (tertiary/aromatic N) is 2. The number of rotatable bonds is 3. The lowest BCUT2D eigenvalue weighted by atomic mass is 9.87. The topological polar surface area (TPSA) is 82.7 Å². The van der Waals surface area contributed by atoms with Gasteiger partial charge in [-0.1, -0.05) is 19.1 Å². The lowest BCUT2D eigenvalue weighted by molar-refractivity contribution is 0.0963. The van der Waals surface area contributed by atoms with E-state index in [1.54, 1.807) is 18.5 Å². The van der Waals surface area contributed by atoms with Crippen LogP contribution in [0.4, 0.5) is 5.95 Å². The summed E-state index contributed by atoms with van der Waals surface area (Å²) >= 11 is 0. The van der Waals surface area contributed by atoms with Crippen LogP contribution in [-0.2, 0) is 12.8 Å². The number of hydrogen-bond acceptors (Lipinski definition) is 4. The van der Waals surface area contributed by atoms with Gasteiger partial charge in [0.2, 0.25) is 5.95 Å². The number of benzene rings is 1. The molecule has 2 heterocycles. The molecule has 1 atom stereocenters. The molecule has 1 aliphatic carbocycles. The van der Waals surface area contributed by atoms with Gasteiger partial charge in [-0.3, -0.25) is 15.6 Å². The average Bonchev–Trinajstić information content (AvgIpc) is 2.98. The summed E-state index contributed by atoms with van der Waals surface area (Å²) in [6.45, 7) is 2.28. The molecule has 0 bridgehead atoms. The van der Waals surface area contributed by atoms with Crippen molar-refractivity contribution in [1.29, 1.82) is 0 Å². The van der Waals surface area contributed by atoms with Gasteiger partial charge in [0.15, 0.2) is 0 Å². The van der Waals surface area contributed by atoms with Crippen LogP contribution in [0, 0.1) is 5.92 Å². The van der Waals surface area contributed by atoms with Crippen LogP contribution in [0.15, 0.2) is 36.7 Å². The molecule has 0 unspecified atom stereocenters. The zero-order valence-electron chi connectivity index (χ0n) is 13.5. The summed E-state index contributed by atoms with van der Waals surface area (Å²) < 4.78 is 0. The molecule has 3 aromatic rings. The molecule has 1 aromatic carbocycles. The highest BCUT2D eigenvalue weighted by Crippen LogP contribution is 2.32. The van der Waals surface area contributed by atoms with Gasteiger partial charge >= 0.3 is 0 Å². The number of carbonyl (C=O) groups is 1. The first-order chi connectivity index (χ1) is 11.7. The Bertz CT molecular complexity index is 887. The molecule has 6 heteroatoms. The molecule has 1 aliphatic rings. The number of anilines is 1. The van der Waals surface area contributed by atoms with E-state index in [-0.39, 0.29) is 5.91 Å². The van der Waals surface area contributed by atoms with E-state index in [1.165, 1.54) is 17.7 Å². The molecule has 3 N–H and O–H groups in total. The summed E-state index contributed by atoms with van der Waals surface area (Å²) in [5, 5.41) is 1.15. The van der Waals surface area contributed by atoms with Gasteiger partial charge < -0.3 is 4.98 Å². The Balaban J connectivity index is 1.63. The van der Waals surface area contributed by atoms with Gasteiger partial charge in [-0.25, -0.2) is 9.97 Å². The minimum absolute atomic E-state index is 0.209. The highest BCUT2D eigenvalue weighted by Gasteiger charge is 2.22. The number of fused-ring (bicyclic) bond motifs is 3. The molecule has 4 rings (SSSR count). The third-order valence-electron chi connectivity index (χ3n) is 4.57. The molecular formula is C18H19N5O. The van der Waals surface area contributed by atoms with Crippen LogP contribution in [0.2, 0.25) is 0 Å². The summed E-state index contributed by atoms with van der Waals surface area (Å²) in [6.07, 6.45) is 6.53. The number of hydrogen-bond donors (Lipinski definition) is 3. The number of para-hydroxylation sites is 1. The van der Waals surface area contributed by atoms with Crippen LogP contribution >= 0.6 is 0 Å². The summed E-state index contributed by atoms with van der Waals surface area (Å²) in [4.78, 5) is 24.1. The third-order valence-corrected chi connectivity index (χ3v) is 4.57. The van der Waals surface area contributed by atoms with E-state index in [0.29, 0.717) is 17.4 Å². The monoisotopic (exact) mass is 321 g/mol. The molecule has 0 fully saturated rings. The highest BCUT2D eigenvalue weighted by atomic mass is 16.2. The zero-order chi connectivity index (χ0) is 16.5. The second-order valence-corrected chi connectivity index (χ2v) is 6.31. The van der Waals surface area contributed by atoms with Crippen molar-refractivity contribution in [3.05, 3.63) is 53.5 Å². The predicted molar refractivity (Wildman–Crippen MR) is 92.6 cm³/mol. The van der Waals surface area contributed by atoms with E-state index in [0.717, 1.165) is 23.7 Å². The fourth-order valence-electron chi connectivity index (χ4n) is 3.35. The molecule has 2 aromatic heterocycles. The Morgan fingerprint density at radius 3 is 2.92 bits per heavy atom. The average molecular weight is 321 g/mol. The second kappa shape index (κ2) is 5.96. The van der Waals surface area contributed by atoms with Crippen molar-refractivity contribution >= 4 is 22.8 Å². The third kappa shape index (κ3) is 2.60. The normalized spacial score (nSPS) is 16.6. The van der Waals surface area contributed by atoms with Crippen molar-refractivity contribution in [2.45, 2.75) is 26.2 Å². The number of H-pyrrole nitrogens is 1. The van der Waals surface area contributed by atoms with E-state index in [4.69, 9.17) is 0 Å². The van der Waals surface area contributed by atoms with Gasteiger partial charge in [0.25, 0.3) is 5.91 Å². The maximum atomic E-state index is 12.6. The van der Waals surface area contributed by atoms with E-state index >= 15 is 0 Å². The molecule has 0 saturated heterocycles. The van der Waals surface area contributed by atoms with Crippen LogP contribution in [-0.4, -0.2) is 20.9 Å². The van der Waals surface area contributed by atoms with Gasteiger partial charge in [-0.2, -0.15) is 0 Å². The van der Waals surface area contributed by atoms with Crippen molar-refractivity contribution < 1.29 is 4.79 Å². The summed E-state index contributed by atoms with van der Waals surface area (Å²) in [5.41, 5.74) is 9.56. The molecule has 122 valence electrons. The first-order valence-electron chi connectivity index (χ1n) is 8.18. The van der Waals surface area contributed by atoms with Gasteiger partial charge in [-0.15, -0.1) is 0 Å². The number of nitrogens with one attached hydrogen (secondary N) is 3. The summed E-state index contributed by atoms with van der Waals surface area (Å²) in [5.74, 6) is 0.836. The SMILES string of the molecule is C[C@@H]1CCc2[nH]c3c(C(=O)NNc4ncccn4)cccc3c2C1. The van der Waals surface area contributed by atoms with Crippen molar-refractivity contribution in [3.8, 4) is 0 Å². The summed E-state index contributed by atoms with van der Waals surface area (Å²) in [6, 6.07) is 7.58. The molecule has 1 amide bonds. The highest BCUT2D eigenvalue weighted by molar-refractivity contribution is 6.07. The van der Waals surface area contributed by atoms with Gasteiger partial charge in [0.1, 0.15) is 0 Å². The minimum atomic E-state index is -0.209. The predicted octanol–water partition coefficient (Wildman–Crippen LogP) is 2.84. The molecule has 0 saturated carbocycles. The fourth-order valence-corrected chi connectivity index (χ4v) is 3.35. The van der Waals surface area contributed by atoms with Crippen LogP contribution in [0.1, 0.15) is 35.0 Å². The fraction of sp³-hybridized carbons (Fsp3) is 0.278. The number of amides is 1. The lowest BCUT2D eigenvalue weighted by Gasteiger charge is -2.17.